The van der Waals surface area contributed by atoms with Crippen molar-refractivity contribution in [3.05, 3.63) is 93.0 Å². The molecule has 132 valence electrons. The van der Waals surface area contributed by atoms with Crippen LogP contribution in [0.15, 0.2) is 87.9 Å². The summed E-state index contributed by atoms with van der Waals surface area (Å²) in [4.78, 5) is 9.42. The minimum atomic E-state index is 0.705. The molecule has 0 N–H and O–H groups in total. The fourth-order valence-electron chi connectivity index (χ4n) is 2.79. The van der Waals surface area contributed by atoms with Gasteiger partial charge in [0.25, 0.3) is 0 Å². The average molecular weight is 501 g/mol. The minimum Gasteiger partial charge on any atom is -0.246 e. The molecule has 2 aromatic carbocycles. The number of rotatable bonds is 3. The van der Waals surface area contributed by atoms with Crippen molar-refractivity contribution in [3.8, 4) is 33.8 Å². The molecule has 0 bridgehead atoms. The van der Waals surface area contributed by atoms with Crippen LogP contribution in [-0.4, -0.2) is 9.97 Å². The summed E-state index contributed by atoms with van der Waals surface area (Å²) in [5.41, 5.74) is 5.73. The number of nitrogens with zero attached hydrogens (tertiary/aromatic N) is 2. The number of halogens is 3. The first kappa shape index (κ1) is 18.4. The van der Waals surface area contributed by atoms with Gasteiger partial charge in [0, 0.05) is 15.1 Å². The molecule has 0 saturated heterocycles. The first-order valence-corrected chi connectivity index (χ1v) is 10.2. The maximum atomic E-state index is 6.05. The summed E-state index contributed by atoms with van der Waals surface area (Å²) in [6.07, 6.45) is 0. The molecule has 0 aliphatic carbocycles. The van der Waals surface area contributed by atoms with E-state index >= 15 is 0 Å². The molecule has 27 heavy (non-hydrogen) atoms. The zero-order valence-electron chi connectivity index (χ0n) is 14.0. The Kier molecular flexibility index (Phi) is 5.39. The predicted molar refractivity (Wildman–Crippen MR) is 119 cm³/mol. The van der Waals surface area contributed by atoms with Gasteiger partial charge in [0.2, 0.25) is 0 Å². The van der Waals surface area contributed by atoms with Crippen LogP contribution in [0.5, 0.6) is 0 Å². The number of hydrogen-bond donors (Lipinski definition) is 0. The maximum absolute atomic E-state index is 6.05. The number of pyridine rings is 2. The van der Waals surface area contributed by atoms with E-state index in [9.17, 15) is 0 Å². The second kappa shape index (κ2) is 7.93. The van der Waals surface area contributed by atoms with Gasteiger partial charge in [-0.3, -0.25) is 0 Å². The third kappa shape index (κ3) is 4.29. The molecule has 0 spiro atoms. The second-order valence-electron chi connectivity index (χ2n) is 5.99. The summed E-state index contributed by atoms with van der Waals surface area (Å²) in [5, 5.41) is 0.705. The van der Waals surface area contributed by atoms with Crippen LogP contribution in [0.25, 0.3) is 33.8 Å². The summed E-state index contributed by atoms with van der Waals surface area (Å²) >= 11 is 13.0. The smallest absolute Gasteiger partial charge is 0.106 e. The Morgan fingerprint density at radius 1 is 0.593 bits per heavy atom. The molecule has 0 unspecified atom stereocenters. The summed E-state index contributed by atoms with van der Waals surface area (Å²) in [5.74, 6) is 0. The normalized spacial score (nSPS) is 10.8. The molecular weight excluding hydrogens is 488 g/mol. The van der Waals surface area contributed by atoms with E-state index < -0.39 is 0 Å². The monoisotopic (exact) mass is 498 g/mol. The van der Waals surface area contributed by atoms with E-state index in [0.717, 1.165) is 42.8 Å². The van der Waals surface area contributed by atoms with Crippen molar-refractivity contribution in [2.45, 2.75) is 0 Å². The zero-order chi connectivity index (χ0) is 18.8. The van der Waals surface area contributed by atoms with Crippen LogP contribution in [0, 0.1) is 0 Å². The summed E-state index contributed by atoms with van der Waals surface area (Å²) in [7, 11) is 0. The molecule has 5 heteroatoms. The fraction of sp³-hybridized carbons (Fsp3) is 0. The van der Waals surface area contributed by atoms with Crippen LogP contribution < -0.4 is 0 Å². The van der Waals surface area contributed by atoms with Crippen molar-refractivity contribution in [1.82, 2.24) is 9.97 Å². The largest absolute Gasteiger partial charge is 0.246 e. The number of hydrogen-bond acceptors (Lipinski definition) is 2. The third-order valence-corrected chi connectivity index (χ3v) is 5.34. The Labute approximate surface area is 179 Å². The lowest BCUT2D eigenvalue weighted by molar-refractivity contribution is 1.22. The van der Waals surface area contributed by atoms with E-state index in [4.69, 9.17) is 16.6 Å². The summed E-state index contributed by atoms with van der Waals surface area (Å²) in [6.45, 7) is 0. The Morgan fingerprint density at radius 2 is 1.26 bits per heavy atom. The maximum Gasteiger partial charge on any atom is 0.106 e. The molecule has 2 aromatic heterocycles. The molecule has 0 atom stereocenters. The Bertz CT molecular complexity index is 1030. The van der Waals surface area contributed by atoms with E-state index in [1.165, 1.54) is 0 Å². The third-order valence-electron chi connectivity index (χ3n) is 4.12. The van der Waals surface area contributed by atoms with Crippen molar-refractivity contribution in [3.63, 3.8) is 0 Å². The van der Waals surface area contributed by atoms with Crippen LogP contribution in [0.4, 0.5) is 0 Å². The predicted octanol–water partition coefficient (Wildman–Crippen LogP) is 7.66. The Morgan fingerprint density at radius 3 is 1.96 bits per heavy atom. The highest BCUT2D eigenvalue weighted by Gasteiger charge is 2.10. The van der Waals surface area contributed by atoms with Gasteiger partial charge in [-0.2, -0.15) is 0 Å². The van der Waals surface area contributed by atoms with Crippen LogP contribution in [0.2, 0.25) is 5.02 Å². The second-order valence-corrected chi connectivity index (χ2v) is 8.15. The standard InChI is InChI=1S/C22H13Br2ClN2/c23-17-8-4-14(5-9-17)16-12-20(15-6-10-18(25)11-7-15)26-21(13-16)19-2-1-3-22(24)27-19/h1-13H. The van der Waals surface area contributed by atoms with E-state index in [-0.39, 0.29) is 0 Å². The lowest BCUT2D eigenvalue weighted by Gasteiger charge is -2.10. The molecule has 0 saturated carbocycles. The minimum absolute atomic E-state index is 0.705. The Balaban J connectivity index is 1.90. The van der Waals surface area contributed by atoms with Gasteiger partial charge in [-0.1, -0.05) is 57.9 Å². The van der Waals surface area contributed by atoms with Gasteiger partial charge in [0.05, 0.1) is 17.1 Å². The van der Waals surface area contributed by atoms with E-state index in [0.29, 0.717) is 5.02 Å². The van der Waals surface area contributed by atoms with Gasteiger partial charge in [-0.15, -0.1) is 0 Å². The molecule has 0 radical (unpaired) electrons. The van der Waals surface area contributed by atoms with E-state index in [1.54, 1.807) is 0 Å². The highest BCUT2D eigenvalue weighted by Crippen LogP contribution is 2.31. The van der Waals surface area contributed by atoms with Gasteiger partial charge in [-0.25, -0.2) is 9.97 Å². The fourth-order valence-corrected chi connectivity index (χ4v) is 3.52. The molecule has 4 aromatic rings. The number of benzene rings is 2. The lowest BCUT2D eigenvalue weighted by atomic mass is 10.0. The van der Waals surface area contributed by atoms with Gasteiger partial charge >= 0.3 is 0 Å². The highest BCUT2D eigenvalue weighted by atomic mass is 79.9. The molecule has 2 nitrogen and oxygen atoms in total. The molecule has 2 heterocycles. The van der Waals surface area contributed by atoms with Gasteiger partial charge in [-0.05, 0) is 75.6 Å². The Hall–Kier alpha value is -2.01. The van der Waals surface area contributed by atoms with Crippen molar-refractivity contribution >= 4 is 43.5 Å². The van der Waals surface area contributed by atoms with Gasteiger partial charge < -0.3 is 0 Å². The average Bonchev–Trinajstić information content (AvgIpc) is 2.69. The first-order chi connectivity index (χ1) is 13.1. The molecule has 0 fully saturated rings. The van der Waals surface area contributed by atoms with Crippen molar-refractivity contribution in [2.75, 3.05) is 0 Å². The van der Waals surface area contributed by atoms with E-state index in [1.807, 2.05) is 54.6 Å². The van der Waals surface area contributed by atoms with Gasteiger partial charge in [0.15, 0.2) is 0 Å². The topological polar surface area (TPSA) is 25.8 Å². The highest BCUT2D eigenvalue weighted by molar-refractivity contribution is 9.10. The van der Waals surface area contributed by atoms with Gasteiger partial charge in [0.1, 0.15) is 4.60 Å². The molecule has 0 aliphatic rings. The quantitative estimate of drug-likeness (QED) is 0.270. The summed E-state index contributed by atoms with van der Waals surface area (Å²) in [6, 6.07) is 25.9. The molecule has 0 aliphatic heterocycles. The molecular formula is C22H13Br2ClN2. The van der Waals surface area contributed by atoms with Crippen LogP contribution in [0.3, 0.4) is 0 Å². The van der Waals surface area contributed by atoms with Crippen molar-refractivity contribution in [2.24, 2.45) is 0 Å². The summed E-state index contributed by atoms with van der Waals surface area (Å²) < 4.78 is 1.83. The van der Waals surface area contributed by atoms with Crippen LogP contribution in [-0.2, 0) is 0 Å². The van der Waals surface area contributed by atoms with Crippen LogP contribution in [0.1, 0.15) is 0 Å². The first-order valence-electron chi connectivity index (χ1n) is 8.25. The van der Waals surface area contributed by atoms with E-state index in [2.05, 4.69) is 61.1 Å². The lowest BCUT2D eigenvalue weighted by Crippen LogP contribution is -1.93. The molecule has 0 amide bonds. The van der Waals surface area contributed by atoms with Crippen molar-refractivity contribution in [1.29, 1.82) is 0 Å². The molecule has 4 rings (SSSR count). The van der Waals surface area contributed by atoms with Crippen molar-refractivity contribution < 1.29 is 0 Å². The zero-order valence-corrected chi connectivity index (χ0v) is 18.0. The number of aromatic nitrogens is 2. The van der Waals surface area contributed by atoms with Crippen LogP contribution >= 0.6 is 43.5 Å². The SMILES string of the molecule is Clc1ccc(-c2cc(-c3ccc(Br)cc3)cc(-c3cccc(Br)n3)n2)cc1.